The maximum absolute atomic E-state index is 12.7. The van der Waals surface area contributed by atoms with Crippen LogP contribution in [0, 0.1) is 5.92 Å². The monoisotopic (exact) mass is 500 g/mol. The third kappa shape index (κ3) is 5.98. The number of aryl methyl sites for hydroxylation is 1. The fourth-order valence-corrected chi connectivity index (χ4v) is 2.96. The molecule has 1 saturated heterocycles. The zero-order valence-electron chi connectivity index (χ0n) is 16.7. The minimum Gasteiger partial charge on any atom is -0.469 e. The van der Waals surface area contributed by atoms with Gasteiger partial charge in [-0.15, -0.1) is 24.0 Å². The van der Waals surface area contributed by atoms with Crippen molar-refractivity contribution >= 4 is 41.5 Å². The maximum Gasteiger partial charge on any atom is 0.246 e. The Bertz CT molecular complexity index is 771. The molecule has 0 unspecified atom stereocenters. The lowest BCUT2D eigenvalue weighted by Gasteiger charge is -2.35. The van der Waals surface area contributed by atoms with Gasteiger partial charge in [0, 0.05) is 45.8 Å². The van der Waals surface area contributed by atoms with Crippen molar-refractivity contribution in [3.05, 3.63) is 36.5 Å². The highest BCUT2D eigenvalue weighted by atomic mass is 127. The number of aromatic nitrogens is 2. The number of carbonyl (C=O) groups excluding carboxylic acids is 1. The Morgan fingerprint density at radius 3 is 2.82 bits per heavy atom. The van der Waals surface area contributed by atoms with Gasteiger partial charge in [-0.1, -0.05) is 13.8 Å². The van der Waals surface area contributed by atoms with Gasteiger partial charge in [0.05, 0.1) is 18.1 Å². The van der Waals surface area contributed by atoms with Crippen molar-refractivity contribution in [1.29, 1.82) is 0 Å². The number of aliphatic imine (C=N–C) groups is 1. The van der Waals surface area contributed by atoms with Crippen molar-refractivity contribution in [1.82, 2.24) is 20.0 Å². The molecular formula is C19H29IN6O2. The number of hydrogen-bond acceptors (Lipinski definition) is 4. The highest BCUT2D eigenvalue weighted by molar-refractivity contribution is 14.0. The summed E-state index contributed by atoms with van der Waals surface area (Å²) in [6.07, 6.45) is 6.04. The van der Waals surface area contributed by atoms with E-state index in [1.165, 1.54) is 0 Å². The summed E-state index contributed by atoms with van der Waals surface area (Å²) in [6, 6.07) is 3.85. The molecule has 1 aliphatic rings. The van der Waals surface area contributed by atoms with Crippen molar-refractivity contribution in [2.45, 2.75) is 20.3 Å². The standard InChI is InChI=1S/C19H28N6O2.HI/c1-15(2)11-21-19(20-7-6-17-5-4-10-27-17)24-8-9-25(18(26)14-24)16-12-22-23(3)13-16;/h4-5,10,12-13,15H,6-9,11,14H2,1-3H3,(H,20,21);1H. The maximum atomic E-state index is 12.7. The molecule has 2 aromatic heterocycles. The summed E-state index contributed by atoms with van der Waals surface area (Å²) >= 11 is 0. The lowest BCUT2D eigenvalue weighted by atomic mass is 10.2. The van der Waals surface area contributed by atoms with E-state index < -0.39 is 0 Å². The molecule has 1 aliphatic heterocycles. The fraction of sp³-hybridized carbons (Fsp3) is 0.526. The van der Waals surface area contributed by atoms with Crippen LogP contribution in [0.5, 0.6) is 0 Å². The Labute approximate surface area is 183 Å². The van der Waals surface area contributed by atoms with E-state index in [0.717, 1.165) is 36.9 Å². The number of hydrogen-bond donors (Lipinski definition) is 1. The molecule has 3 rings (SSSR count). The van der Waals surface area contributed by atoms with E-state index in [-0.39, 0.29) is 29.9 Å². The van der Waals surface area contributed by atoms with Crippen molar-refractivity contribution in [3.63, 3.8) is 0 Å². The number of carbonyl (C=O) groups is 1. The Morgan fingerprint density at radius 2 is 2.21 bits per heavy atom. The second-order valence-electron chi connectivity index (χ2n) is 7.15. The molecule has 8 nitrogen and oxygen atoms in total. The van der Waals surface area contributed by atoms with Gasteiger partial charge in [-0.3, -0.25) is 14.5 Å². The second-order valence-corrected chi connectivity index (χ2v) is 7.15. The Hall–Kier alpha value is -2.04. The van der Waals surface area contributed by atoms with Gasteiger partial charge >= 0.3 is 0 Å². The summed E-state index contributed by atoms with van der Waals surface area (Å²) in [5.41, 5.74) is 0.841. The van der Waals surface area contributed by atoms with Crippen LogP contribution in [0.4, 0.5) is 5.69 Å². The summed E-state index contributed by atoms with van der Waals surface area (Å²) in [4.78, 5) is 21.2. The highest BCUT2D eigenvalue weighted by Gasteiger charge is 2.27. The average molecular weight is 500 g/mol. The highest BCUT2D eigenvalue weighted by Crippen LogP contribution is 2.16. The molecule has 1 N–H and O–H groups in total. The lowest BCUT2D eigenvalue weighted by Crippen LogP contribution is -2.55. The van der Waals surface area contributed by atoms with Gasteiger partial charge in [0.15, 0.2) is 5.96 Å². The summed E-state index contributed by atoms with van der Waals surface area (Å²) in [7, 11) is 1.85. The minimum absolute atomic E-state index is 0. The molecule has 0 aromatic carbocycles. The average Bonchev–Trinajstić information content (AvgIpc) is 3.29. The molecule has 3 heterocycles. The summed E-state index contributed by atoms with van der Waals surface area (Å²) < 4.78 is 7.09. The molecule has 2 aromatic rings. The first kappa shape index (κ1) is 22.3. The molecule has 9 heteroatoms. The Morgan fingerprint density at radius 1 is 1.39 bits per heavy atom. The van der Waals surface area contributed by atoms with Gasteiger partial charge in [-0.25, -0.2) is 0 Å². The SMILES string of the molecule is CC(C)CN=C(NCCc1ccco1)N1CCN(c2cnn(C)c2)C(=O)C1.I. The van der Waals surface area contributed by atoms with E-state index in [4.69, 9.17) is 9.41 Å². The summed E-state index contributed by atoms with van der Waals surface area (Å²) in [5.74, 6) is 2.23. The topological polar surface area (TPSA) is 78.9 Å². The molecule has 154 valence electrons. The van der Waals surface area contributed by atoms with Crippen LogP contribution in [0.3, 0.4) is 0 Å². The number of nitrogens with one attached hydrogen (secondary N) is 1. The second kappa shape index (κ2) is 10.5. The molecule has 0 atom stereocenters. The predicted molar refractivity (Wildman–Crippen MR) is 120 cm³/mol. The molecule has 0 aliphatic carbocycles. The van der Waals surface area contributed by atoms with Crippen LogP contribution in [0.2, 0.25) is 0 Å². The summed E-state index contributed by atoms with van der Waals surface area (Å²) in [5, 5.41) is 7.55. The van der Waals surface area contributed by atoms with Gasteiger partial charge < -0.3 is 19.5 Å². The van der Waals surface area contributed by atoms with Crippen molar-refractivity contribution in [3.8, 4) is 0 Å². The van der Waals surface area contributed by atoms with Crippen LogP contribution in [0.15, 0.2) is 40.2 Å². The van der Waals surface area contributed by atoms with Gasteiger partial charge in [0.2, 0.25) is 5.91 Å². The van der Waals surface area contributed by atoms with E-state index in [9.17, 15) is 4.79 Å². The number of furan rings is 1. The lowest BCUT2D eigenvalue weighted by molar-refractivity contribution is -0.120. The first-order valence-electron chi connectivity index (χ1n) is 9.37. The van der Waals surface area contributed by atoms with Crippen LogP contribution in [-0.2, 0) is 18.3 Å². The van der Waals surface area contributed by atoms with Crippen LogP contribution in [0.1, 0.15) is 19.6 Å². The van der Waals surface area contributed by atoms with E-state index in [0.29, 0.717) is 25.6 Å². The molecule has 0 spiro atoms. The molecule has 1 fully saturated rings. The van der Waals surface area contributed by atoms with Crippen LogP contribution >= 0.6 is 24.0 Å². The van der Waals surface area contributed by atoms with Crippen LogP contribution in [-0.4, -0.2) is 59.3 Å². The molecule has 28 heavy (non-hydrogen) atoms. The first-order valence-corrected chi connectivity index (χ1v) is 9.37. The zero-order chi connectivity index (χ0) is 19.2. The van der Waals surface area contributed by atoms with Gasteiger partial charge in [-0.05, 0) is 18.1 Å². The number of nitrogens with zero attached hydrogens (tertiary/aromatic N) is 5. The van der Waals surface area contributed by atoms with E-state index in [1.807, 2.05) is 30.3 Å². The van der Waals surface area contributed by atoms with Gasteiger partial charge in [0.1, 0.15) is 12.3 Å². The van der Waals surface area contributed by atoms with Gasteiger partial charge in [0.25, 0.3) is 0 Å². The third-order valence-corrected chi connectivity index (χ3v) is 4.36. The van der Waals surface area contributed by atoms with E-state index in [2.05, 4.69) is 24.3 Å². The number of guanidine groups is 1. The molecule has 0 saturated carbocycles. The van der Waals surface area contributed by atoms with Gasteiger partial charge in [-0.2, -0.15) is 5.10 Å². The summed E-state index contributed by atoms with van der Waals surface area (Å²) in [6.45, 7) is 7.35. The number of amides is 1. The molecule has 0 bridgehead atoms. The third-order valence-electron chi connectivity index (χ3n) is 4.36. The number of rotatable bonds is 6. The number of anilines is 1. The Kier molecular flexibility index (Phi) is 8.34. The molecule has 0 radical (unpaired) electrons. The number of halogens is 1. The van der Waals surface area contributed by atoms with Crippen LogP contribution in [0.25, 0.3) is 0 Å². The normalized spacial score (nSPS) is 15.1. The van der Waals surface area contributed by atoms with Crippen LogP contribution < -0.4 is 10.2 Å². The smallest absolute Gasteiger partial charge is 0.246 e. The zero-order valence-corrected chi connectivity index (χ0v) is 19.0. The molecular weight excluding hydrogens is 471 g/mol. The van der Waals surface area contributed by atoms with E-state index in [1.54, 1.807) is 22.0 Å². The minimum atomic E-state index is 0. The fourth-order valence-electron chi connectivity index (χ4n) is 2.96. The Balaban J connectivity index is 0.00000280. The van der Waals surface area contributed by atoms with Crippen molar-refractivity contribution in [2.24, 2.45) is 18.0 Å². The largest absolute Gasteiger partial charge is 0.469 e. The number of piperazine rings is 1. The first-order chi connectivity index (χ1) is 13.0. The van der Waals surface area contributed by atoms with Crippen molar-refractivity contribution < 1.29 is 9.21 Å². The van der Waals surface area contributed by atoms with Crippen molar-refractivity contribution in [2.75, 3.05) is 37.6 Å². The quantitative estimate of drug-likeness (QED) is 0.374. The molecule has 1 amide bonds. The predicted octanol–water partition coefficient (Wildman–Crippen LogP) is 2.12. The van der Waals surface area contributed by atoms with E-state index >= 15 is 0 Å².